The third-order valence-electron chi connectivity index (χ3n) is 2.72. The summed E-state index contributed by atoms with van der Waals surface area (Å²) in [5.74, 6) is 3.62. The van der Waals surface area contributed by atoms with Crippen LogP contribution in [0.1, 0.15) is 0 Å². The highest BCUT2D eigenvalue weighted by atomic mass is 32.2. The first kappa shape index (κ1) is 13.2. The molecule has 18 heavy (non-hydrogen) atoms. The molecule has 0 radical (unpaired) electrons. The monoisotopic (exact) mass is 265 g/mol. The first-order chi connectivity index (χ1) is 8.84. The Morgan fingerprint density at radius 1 is 1.44 bits per heavy atom. The highest BCUT2D eigenvalue weighted by molar-refractivity contribution is 7.99. The first-order valence-electron chi connectivity index (χ1n) is 6.13. The fraction of sp³-hybridized carbons (Fsp3) is 0.500. The van der Waals surface area contributed by atoms with Gasteiger partial charge in [0.2, 0.25) is 0 Å². The van der Waals surface area contributed by atoms with E-state index in [1.807, 2.05) is 30.0 Å². The van der Waals surface area contributed by atoms with Crippen molar-refractivity contribution in [1.29, 1.82) is 0 Å². The van der Waals surface area contributed by atoms with Gasteiger partial charge in [-0.2, -0.15) is 11.8 Å². The van der Waals surface area contributed by atoms with E-state index in [4.69, 9.17) is 5.73 Å². The molecule has 5 nitrogen and oxygen atoms in total. The summed E-state index contributed by atoms with van der Waals surface area (Å²) in [6.45, 7) is 4.03. The van der Waals surface area contributed by atoms with E-state index in [2.05, 4.69) is 20.2 Å². The summed E-state index contributed by atoms with van der Waals surface area (Å²) in [5.41, 5.74) is 5.80. The molecule has 1 aliphatic heterocycles. The summed E-state index contributed by atoms with van der Waals surface area (Å²) in [4.78, 5) is 10.9. The van der Waals surface area contributed by atoms with Crippen LogP contribution in [0.25, 0.3) is 0 Å². The van der Waals surface area contributed by atoms with Gasteiger partial charge in [0.25, 0.3) is 0 Å². The predicted octanol–water partition coefficient (Wildman–Crippen LogP) is 0.857. The molecule has 1 aliphatic rings. The number of aliphatic imine (C=N–C) groups is 1. The minimum atomic E-state index is 0.431. The quantitative estimate of drug-likeness (QED) is 0.624. The van der Waals surface area contributed by atoms with Gasteiger partial charge in [-0.1, -0.05) is 6.07 Å². The second-order valence-corrected chi connectivity index (χ2v) is 5.29. The molecule has 2 heterocycles. The van der Waals surface area contributed by atoms with Crippen LogP contribution in [0, 0.1) is 0 Å². The van der Waals surface area contributed by atoms with E-state index in [1.165, 1.54) is 11.5 Å². The largest absolute Gasteiger partial charge is 0.370 e. The maximum atomic E-state index is 5.80. The lowest BCUT2D eigenvalue weighted by Crippen LogP contribution is -2.35. The SMILES string of the molecule is NC(=NCCN1CCSCC1)Nc1ccccn1. The number of nitrogens with one attached hydrogen (secondary N) is 1. The van der Waals surface area contributed by atoms with Gasteiger partial charge in [0.1, 0.15) is 5.82 Å². The van der Waals surface area contributed by atoms with Gasteiger partial charge in [0, 0.05) is 37.3 Å². The van der Waals surface area contributed by atoms with Crippen molar-refractivity contribution in [1.82, 2.24) is 9.88 Å². The number of hydrogen-bond donors (Lipinski definition) is 2. The van der Waals surface area contributed by atoms with Crippen LogP contribution in [0.5, 0.6) is 0 Å². The molecule has 0 aliphatic carbocycles. The fourth-order valence-electron chi connectivity index (χ4n) is 1.74. The number of nitrogens with two attached hydrogens (primary N) is 1. The predicted molar refractivity (Wildman–Crippen MR) is 78.1 cm³/mol. The molecule has 0 saturated carbocycles. The van der Waals surface area contributed by atoms with Gasteiger partial charge in [-0.25, -0.2) is 4.98 Å². The molecule has 1 aromatic heterocycles. The Balaban J connectivity index is 1.71. The van der Waals surface area contributed by atoms with Crippen molar-refractivity contribution in [3.8, 4) is 0 Å². The number of hydrogen-bond acceptors (Lipinski definition) is 4. The highest BCUT2D eigenvalue weighted by Gasteiger charge is 2.08. The van der Waals surface area contributed by atoms with Crippen LogP contribution in [-0.2, 0) is 0 Å². The molecule has 3 N–H and O–H groups in total. The Hall–Kier alpha value is -1.27. The number of pyridine rings is 1. The number of guanidine groups is 1. The Bertz CT molecular complexity index is 375. The second kappa shape index (κ2) is 7.23. The molecule has 0 unspecified atom stereocenters. The Morgan fingerprint density at radius 2 is 2.28 bits per heavy atom. The lowest BCUT2D eigenvalue weighted by Gasteiger charge is -2.25. The zero-order valence-electron chi connectivity index (χ0n) is 10.4. The standard InChI is InChI=1S/C12H19N5S/c13-12(16-11-3-1-2-4-14-11)15-5-6-17-7-9-18-10-8-17/h1-4H,5-10H2,(H3,13,14,15,16). The average molecular weight is 265 g/mol. The van der Waals surface area contributed by atoms with Gasteiger partial charge in [-0.15, -0.1) is 0 Å². The summed E-state index contributed by atoms with van der Waals surface area (Å²) in [6.07, 6.45) is 1.72. The van der Waals surface area contributed by atoms with Crippen molar-refractivity contribution in [2.24, 2.45) is 10.7 Å². The normalized spacial score (nSPS) is 17.7. The van der Waals surface area contributed by atoms with Crippen LogP contribution in [0.3, 0.4) is 0 Å². The Kier molecular flexibility index (Phi) is 5.29. The molecule has 98 valence electrons. The van der Waals surface area contributed by atoms with E-state index in [0.29, 0.717) is 5.96 Å². The van der Waals surface area contributed by atoms with Crippen molar-refractivity contribution in [2.75, 3.05) is 43.0 Å². The molecule has 2 rings (SSSR count). The minimum absolute atomic E-state index is 0.431. The van der Waals surface area contributed by atoms with E-state index >= 15 is 0 Å². The molecule has 0 amide bonds. The summed E-state index contributed by atoms with van der Waals surface area (Å²) in [7, 11) is 0. The summed E-state index contributed by atoms with van der Waals surface area (Å²) in [5, 5.41) is 2.97. The molecule has 0 spiro atoms. The van der Waals surface area contributed by atoms with Crippen molar-refractivity contribution >= 4 is 23.5 Å². The zero-order valence-corrected chi connectivity index (χ0v) is 11.2. The van der Waals surface area contributed by atoms with Crippen molar-refractivity contribution in [3.63, 3.8) is 0 Å². The molecule has 1 fully saturated rings. The molecular formula is C12H19N5S. The average Bonchev–Trinajstić information content (AvgIpc) is 2.41. The topological polar surface area (TPSA) is 66.5 Å². The van der Waals surface area contributed by atoms with E-state index < -0.39 is 0 Å². The number of rotatable bonds is 4. The second-order valence-electron chi connectivity index (χ2n) is 4.06. The van der Waals surface area contributed by atoms with Gasteiger partial charge in [-0.3, -0.25) is 9.89 Å². The van der Waals surface area contributed by atoms with Crippen molar-refractivity contribution in [2.45, 2.75) is 0 Å². The molecule has 0 bridgehead atoms. The van der Waals surface area contributed by atoms with Crippen LogP contribution in [-0.4, -0.2) is 53.5 Å². The Labute approximate surface area is 112 Å². The summed E-state index contributed by atoms with van der Waals surface area (Å²) in [6, 6.07) is 5.64. The van der Waals surface area contributed by atoms with Crippen LogP contribution in [0.2, 0.25) is 0 Å². The third-order valence-corrected chi connectivity index (χ3v) is 3.67. The number of anilines is 1. The van der Waals surface area contributed by atoms with Crippen LogP contribution >= 0.6 is 11.8 Å². The number of thioether (sulfide) groups is 1. The van der Waals surface area contributed by atoms with Gasteiger partial charge in [0.05, 0.1) is 6.54 Å². The molecule has 6 heteroatoms. The van der Waals surface area contributed by atoms with Gasteiger partial charge in [-0.05, 0) is 12.1 Å². The van der Waals surface area contributed by atoms with Gasteiger partial charge in [0.15, 0.2) is 5.96 Å². The zero-order chi connectivity index (χ0) is 12.6. The smallest absolute Gasteiger partial charge is 0.194 e. The lowest BCUT2D eigenvalue weighted by atomic mass is 10.4. The Morgan fingerprint density at radius 3 is 3.00 bits per heavy atom. The maximum absolute atomic E-state index is 5.80. The van der Waals surface area contributed by atoms with E-state index in [0.717, 1.165) is 32.0 Å². The van der Waals surface area contributed by atoms with E-state index in [-0.39, 0.29) is 0 Å². The van der Waals surface area contributed by atoms with Crippen molar-refractivity contribution in [3.05, 3.63) is 24.4 Å². The van der Waals surface area contributed by atoms with Crippen molar-refractivity contribution < 1.29 is 0 Å². The fourth-order valence-corrected chi connectivity index (χ4v) is 2.72. The molecule has 0 aromatic carbocycles. The van der Waals surface area contributed by atoms with E-state index in [9.17, 15) is 0 Å². The summed E-state index contributed by atoms with van der Waals surface area (Å²) >= 11 is 2.02. The first-order valence-corrected chi connectivity index (χ1v) is 7.28. The molecule has 1 saturated heterocycles. The maximum Gasteiger partial charge on any atom is 0.194 e. The van der Waals surface area contributed by atoms with Crippen LogP contribution in [0.4, 0.5) is 5.82 Å². The van der Waals surface area contributed by atoms with Crippen LogP contribution in [0.15, 0.2) is 29.4 Å². The van der Waals surface area contributed by atoms with E-state index in [1.54, 1.807) is 6.20 Å². The number of aromatic nitrogens is 1. The lowest BCUT2D eigenvalue weighted by molar-refractivity contribution is 0.311. The van der Waals surface area contributed by atoms with Gasteiger partial charge >= 0.3 is 0 Å². The van der Waals surface area contributed by atoms with Crippen LogP contribution < -0.4 is 11.1 Å². The van der Waals surface area contributed by atoms with Gasteiger partial charge < -0.3 is 11.1 Å². The molecule has 0 atom stereocenters. The summed E-state index contributed by atoms with van der Waals surface area (Å²) < 4.78 is 0. The number of nitrogens with zero attached hydrogens (tertiary/aromatic N) is 3. The molecule has 1 aromatic rings. The molecular weight excluding hydrogens is 246 g/mol. The minimum Gasteiger partial charge on any atom is -0.370 e. The highest BCUT2D eigenvalue weighted by Crippen LogP contribution is 2.08. The third kappa shape index (κ3) is 4.54.